The van der Waals surface area contributed by atoms with Crippen molar-refractivity contribution in [3.05, 3.63) is 46.8 Å². The standard InChI is InChI=1S/C13H12F3NS/c1-8(17)11-5-6-12(18-11)9-3-2-4-10(7-9)13(14,15)16/h2-8H,17H2,1H3. The number of benzene rings is 1. The summed E-state index contributed by atoms with van der Waals surface area (Å²) in [4.78, 5) is 1.76. The Labute approximate surface area is 107 Å². The molecule has 1 atom stereocenters. The van der Waals surface area contributed by atoms with Crippen molar-refractivity contribution in [1.82, 2.24) is 0 Å². The van der Waals surface area contributed by atoms with Crippen molar-refractivity contribution in [2.75, 3.05) is 0 Å². The second-order valence-electron chi connectivity index (χ2n) is 4.07. The Hall–Kier alpha value is -1.33. The molecule has 0 bridgehead atoms. The van der Waals surface area contributed by atoms with Crippen LogP contribution in [0.5, 0.6) is 0 Å². The molecule has 0 saturated carbocycles. The maximum Gasteiger partial charge on any atom is 0.416 e. The molecule has 1 unspecified atom stereocenters. The van der Waals surface area contributed by atoms with Crippen LogP contribution in [0, 0.1) is 0 Å². The van der Waals surface area contributed by atoms with Crippen LogP contribution in [0.1, 0.15) is 23.4 Å². The molecule has 1 nitrogen and oxygen atoms in total. The fourth-order valence-corrected chi connectivity index (χ4v) is 2.56. The van der Waals surface area contributed by atoms with Crippen LogP contribution in [0.4, 0.5) is 13.2 Å². The van der Waals surface area contributed by atoms with Gasteiger partial charge in [-0.05, 0) is 36.8 Å². The lowest BCUT2D eigenvalue weighted by molar-refractivity contribution is -0.137. The first-order chi connectivity index (χ1) is 8.38. The molecule has 0 fully saturated rings. The van der Waals surface area contributed by atoms with Crippen LogP contribution < -0.4 is 5.73 Å². The van der Waals surface area contributed by atoms with E-state index in [0.29, 0.717) is 5.56 Å². The summed E-state index contributed by atoms with van der Waals surface area (Å²) in [5, 5.41) is 0. The second kappa shape index (κ2) is 4.74. The highest BCUT2D eigenvalue weighted by Gasteiger charge is 2.30. The van der Waals surface area contributed by atoms with E-state index in [2.05, 4.69) is 0 Å². The third kappa shape index (κ3) is 2.73. The predicted molar refractivity (Wildman–Crippen MR) is 67.4 cm³/mol. The van der Waals surface area contributed by atoms with Gasteiger partial charge >= 0.3 is 6.18 Å². The van der Waals surface area contributed by atoms with Crippen LogP contribution >= 0.6 is 11.3 Å². The van der Waals surface area contributed by atoms with E-state index in [-0.39, 0.29) is 6.04 Å². The van der Waals surface area contributed by atoms with Crippen molar-refractivity contribution >= 4 is 11.3 Å². The number of alkyl halides is 3. The Kier molecular flexibility index (Phi) is 3.45. The van der Waals surface area contributed by atoms with Crippen molar-refractivity contribution in [2.45, 2.75) is 19.1 Å². The second-order valence-corrected chi connectivity index (χ2v) is 5.18. The van der Waals surface area contributed by atoms with Crippen LogP contribution in [0.2, 0.25) is 0 Å². The molecule has 1 heterocycles. The average molecular weight is 271 g/mol. The van der Waals surface area contributed by atoms with Crippen LogP contribution in [0.3, 0.4) is 0 Å². The van der Waals surface area contributed by atoms with Gasteiger partial charge in [-0.15, -0.1) is 11.3 Å². The highest BCUT2D eigenvalue weighted by Crippen LogP contribution is 2.35. The molecule has 0 radical (unpaired) electrons. The molecule has 0 aliphatic heterocycles. The molecule has 2 N–H and O–H groups in total. The minimum absolute atomic E-state index is 0.102. The zero-order valence-electron chi connectivity index (χ0n) is 9.66. The van der Waals surface area contributed by atoms with Gasteiger partial charge in [0, 0.05) is 15.8 Å². The molecule has 0 amide bonds. The van der Waals surface area contributed by atoms with Gasteiger partial charge < -0.3 is 5.73 Å². The monoisotopic (exact) mass is 271 g/mol. The number of halogens is 3. The molecule has 96 valence electrons. The van der Waals surface area contributed by atoms with Crippen molar-refractivity contribution < 1.29 is 13.2 Å². The van der Waals surface area contributed by atoms with Crippen molar-refractivity contribution in [3.8, 4) is 10.4 Å². The summed E-state index contributed by atoms with van der Waals surface area (Å²) in [6, 6.07) is 8.88. The largest absolute Gasteiger partial charge is 0.416 e. The van der Waals surface area contributed by atoms with Crippen molar-refractivity contribution in [1.29, 1.82) is 0 Å². The zero-order chi connectivity index (χ0) is 13.3. The van der Waals surface area contributed by atoms with Gasteiger partial charge in [0.15, 0.2) is 0 Å². The summed E-state index contributed by atoms with van der Waals surface area (Å²) in [5.41, 5.74) is 5.68. The van der Waals surface area contributed by atoms with Crippen LogP contribution in [0.15, 0.2) is 36.4 Å². The molecule has 0 spiro atoms. The maximum atomic E-state index is 12.6. The normalized spacial score (nSPS) is 13.6. The van der Waals surface area contributed by atoms with Crippen LogP contribution in [-0.4, -0.2) is 0 Å². The van der Waals surface area contributed by atoms with E-state index in [1.165, 1.54) is 17.4 Å². The number of thiophene rings is 1. The van der Waals surface area contributed by atoms with Crippen LogP contribution in [0.25, 0.3) is 10.4 Å². The maximum absolute atomic E-state index is 12.6. The van der Waals surface area contributed by atoms with Gasteiger partial charge in [-0.1, -0.05) is 12.1 Å². The van der Waals surface area contributed by atoms with Gasteiger partial charge in [0.05, 0.1) is 5.56 Å². The van der Waals surface area contributed by atoms with Gasteiger partial charge in [0.25, 0.3) is 0 Å². The third-order valence-electron chi connectivity index (χ3n) is 2.55. The first kappa shape index (κ1) is 13.1. The minimum Gasteiger partial charge on any atom is -0.324 e. The van der Waals surface area contributed by atoms with Gasteiger partial charge in [-0.25, -0.2) is 0 Å². The van der Waals surface area contributed by atoms with Gasteiger partial charge in [0.1, 0.15) is 0 Å². The topological polar surface area (TPSA) is 26.0 Å². The average Bonchev–Trinajstić information content (AvgIpc) is 2.77. The Bertz CT molecular complexity index is 543. The Morgan fingerprint density at radius 1 is 1.17 bits per heavy atom. The molecule has 0 aliphatic rings. The van der Waals surface area contributed by atoms with Crippen LogP contribution in [-0.2, 0) is 6.18 Å². The zero-order valence-corrected chi connectivity index (χ0v) is 10.5. The molecule has 1 aromatic carbocycles. The van der Waals surface area contributed by atoms with E-state index < -0.39 is 11.7 Å². The van der Waals surface area contributed by atoms with E-state index >= 15 is 0 Å². The fourth-order valence-electron chi connectivity index (χ4n) is 1.60. The smallest absolute Gasteiger partial charge is 0.324 e. The quantitative estimate of drug-likeness (QED) is 0.857. The molecule has 5 heteroatoms. The lowest BCUT2D eigenvalue weighted by Crippen LogP contribution is -2.04. The first-order valence-corrected chi connectivity index (χ1v) is 6.22. The fraction of sp³-hybridized carbons (Fsp3) is 0.231. The lowest BCUT2D eigenvalue weighted by atomic mass is 10.1. The summed E-state index contributed by atoms with van der Waals surface area (Å²) in [7, 11) is 0. The predicted octanol–water partition coefficient (Wildman–Crippen LogP) is 4.45. The molecular formula is C13H12F3NS. The number of hydrogen-bond donors (Lipinski definition) is 1. The summed E-state index contributed by atoms with van der Waals surface area (Å²) >= 11 is 1.42. The van der Waals surface area contributed by atoms with E-state index in [0.717, 1.165) is 21.9 Å². The summed E-state index contributed by atoms with van der Waals surface area (Å²) in [6.45, 7) is 1.85. The number of nitrogens with two attached hydrogens (primary N) is 1. The minimum atomic E-state index is -4.31. The molecule has 1 aromatic heterocycles. The highest BCUT2D eigenvalue weighted by atomic mass is 32.1. The van der Waals surface area contributed by atoms with Crippen molar-refractivity contribution in [2.24, 2.45) is 5.73 Å². The first-order valence-electron chi connectivity index (χ1n) is 5.41. The Balaban J connectivity index is 2.38. The highest BCUT2D eigenvalue weighted by molar-refractivity contribution is 7.15. The van der Waals surface area contributed by atoms with Gasteiger partial charge in [0.2, 0.25) is 0 Å². The Morgan fingerprint density at radius 2 is 1.89 bits per heavy atom. The van der Waals surface area contributed by atoms with Gasteiger partial charge in [-0.2, -0.15) is 13.2 Å². The molecule has 2 rings (SSSR count). The van der Waals surface area contributed by atoms with E-state index in [1.807, 2.05) is 13.0 Å². The van der Waals surface area contributed by atoms with Crippen molar-refractivity contribution in [3.63, 3.8) is 0 Å². The molecule has 0 aliphatic carbocycles. The summed E-state index contributed by atoms with van der Waals surface area (Å²) < 4.78 is 37.8. The molecule has 18 heavy (non-hydrogen) atoms. The number of rotatable bonds is 2. The third-order valence-corrected chi connectivity index (χ3v) is 3.89. The lowest BCUT2D eigenvalue weighted by Gasteiger charge is -2.07. The summed E-state index contributed by atoms with van der Waals surface area (Å²) in [5.74, 6) is 0. The Morgan fingerprint density at radius 3 is 2.44 bits per heavy atom. The van der Waals surface area contributed by atoms with E-state index in [4.69, 9.17) is 5.73 Å². The molecule has 2 aromatic rings. The van der Waals surface area contributed by atoms with Gasteiger partial charge in [-0.3, -0.25) is 0 Å². The van der Waals surface area contributed by atoms with E-state index in [1.54, 1.807) is 12.1 Å². The molecule has 0 saturated heterocycles. The summed E-state index contributed by atoms with van der Waals surface area (Å²) in [6.07, 6.45) is -4.31. The SMILES string of the molecule is CC(N)c1ccc(-c2cccc(C(F)(F)F)c2)s1. The number of hydrogen-bond acceptors (Lipinski definition) is 2. The molecular weight excluding hydrogens is 259 g/mol. The van der Waals surface area contributed by atoms with E-state index in [9.17, 15) is 13.2 Å².